The number of carbonyl (C=O) groups excluding carboxylic acids is 2. The van der Waals surface area contributed by atoms with Crippen molar-refractivity contribution in [3.05, 3.63) is 56.9 Å². The molecule has 0 bridgehead atoms. The Hall–Kier alpha value is -2.33. The average molecular weight is 537 g/mol. The molecule has 0 saturated heterocycles. The van der Waals surface area contributed by atoms with Crippen LogP contribution in [0.15, 0.2) is 36.0 Å². The Morgan fingerprint density at radius 2 is 2.18 bits per heavy atom. The van der Waals surface area contributed by atoms with Gasteiger partial charge in [-0.15, -0.1) is 28.1 Å². The van der Waals surface area contributed by atoms with Crippen LogP contribution < -0.4 is 11.1 Å². The van der Waals surface area contributed by atoms with Crippen LogP contribution in [0.3, 0.4) is 0 Å². The molecule has 3 aromatic rings. The summed E-state index contributed by atoms with van der Waals surface area (Å²) >= 11 is 15.1. The second-order valence-corrected chi connectivity index (χ2v) is 11.0. The third-order valence-corrected chi connectivity index (χ3v) is 8.23. The molecule has 1 aliphatic carbocycles. The van der Waals surface area contributed by atoms with E-state index in [0.717, 1.165) is 29.7 Å². The monoisotopic (exact) mass is 535 g/mol. The van der Waals surface area contributed by atoms with Crippen LogP contribution in [0.1, 0.15) is 34.1 Å². The second-order valence-electron chi connectivity index (χ2n) is 8.09. The molecule has 0 aliphatic heterocycles. The lowest BCUT2D eigenvalue weighted by Gasteiger charge is -2.18. The molecule has 2 amide bonds. The number of halogens is 2. The van der Waals surface area contributed by atoms with Gasteiger partial charge in [-0.1, -0.05) is 48.0 Å². The molecule has 0 saturated carbocycles. The number of rotatable bonds is 8. The van der Waals surface area contributed by atoms with Crippen LogP contribution in [-0.2, 0) is 24.2 Å². The van der Waals surface area contributed by atoms with Crippen molar-refractivity contribution < 1.29 is 9.59 Å². The number of nitrogens with zero attached hydrogens (tertiary/aromatic N) is 3. The summed E-state index contributed by atoms with van der Waals surface area (Å²) < 4.78 is 1.83. The highest BCUT2D eigenvalue weighted by Gasteiger charge is 2.27. The summed E-state index contributed by atoms with van der Waals surface area (Å²) in [6.07, 6.45) is 4.42. The zero-order valence-corrected chi connectivity index (χ0v) is 21.6. The first-order chi connectivity index (χ1) is 16.3. The molecule has 0 radical (unpaired) electrons. The minimum atomic E-state index is -0.509. The number of carbonyl (C=O) groups is 2. The molecule has 1 atom stereocenters. The van der Waals surface area contributed by atoms with E-state index >= 15 is 0 Å². The third kappa shape index (κ3) is 5.17. The largest absolute Gasteiger partial charge is 0.365 e. The van der Waals surface area contributed by atoms with Crippen molar-refractivity contribution in [1.82, 2.24) is 14.8 Å². The molecule has 34 heavy (non-hydrogen) atoms. The normalized spacial score (nSPS) is 15.1. The van der Waals surface area contributed by atoms with E-state index in [1.165, 1.54) is 23.1 Å². The highest BCUT2D eigenvalue weighted by Crippen LogP contribution is 2.39. The fraction of sp³-hybridized carbons (Fsp3) is 0.304. The molecular weight excluding hydrogens is 513 g/mol. The number of aromatic nitrogens is 3. The van der Waals surface area contributed by atoms with Crippen LogP contribution in [0.25, 0.3) is 11.4 Å². The Morgan fingerprint density at radius 3 is 2.88 bits per heavy atom. The number of allylic oxidation sites excluding steroid dienone is 1. The first-order valence-electron chi connectivity index (χ1n) is 10.6. The Kier molecular flexibility index (Phi) is 7.67. The molecule has 1 aromatic carbocycles. The number of nitrogens with two attached hydrogens (primary N) is 1. The lowest BCUT2D eigenvalue weighted by molar-refractivity contribution is -0.113. The van der Waals surface area contributed by atoms with E-state index < -0.39 is 5.91 Å². The minimum Gasteiger partial charge on any atom is -0.365 e. The zero-order chi connectivity index (χ0) is 24.4. The molecule has 11 heteroatoms. The van der Waals surface area contributed by atoms with Gasteiger partial charge in [-0.25, -0.2) is 0 Å². The van der Waals surface area contributed by atoms with Crippen molar-refractivity contribution in [3.8, 4) is 11.4 Å². The van der Waals surface area contributed by atoms with Gasteiger partial charge in [0.25, 0.3) is 5.91 Å². The molecular formula is C23H23Cl2N5O2S2. The van der Waals surface area contributed by atoms with E-state index in [1.54, 1.807) is 24.3 Å². The van der Waals surface area contributed by atoms with E-state index in [-0.39, 0.29) is 11.7 Å². The van der Waals surface area contributed by atoms with Crippen LogP contribution in [-0.4, -0.2) is 32.3 Å². The lowest BCUT2D eigenvalue weighted by atomic mass is 9.88. The van der Waals surface area contributed by atoms with Gasteiger partial charge in [0.05, 0.1) is 16.3 Å². The minimum absolute atomic E-state index is 0.0841. The van der Waals surface area contributed by atoms with Gasteiger partial charge in [0.1, 0.15) is 5.00 Å². The summed E-state index contributed by atoms with van der Waals surface area (Å²) in [6.45, 7) is 6.43. The number of thioether (sulfide) groups is 1. The van der Waals surface area contributed by atoms with Gasteiger partial charge >= 0.3 is 0 Å². The van der Waals surface area contributed by atoms with Gasteiger partial charge < -0.3 is 11.1 Å². The Bertz CT molecular complexity index is 1270. The van der Waals surface area contributed by atoms with Crippen molar-refractivity contribution in [2.75, 3.05) is 11.1 Å². The first kappa shape index (κ1) is 24.8. The number of anilines is 1. The highest BCUT2D eigenvalue weighted by atomic mass is 35.5. The molecule has 2 heterocycles. The van der Waals surface area contributed by atoms with Crippen LogP contribution >= 0.6 is 46.3 Å². The van der Waals surface area contributed by atoms with Gasteiger partial charge in [-0.2, -0.15) is 0 Å². The van der Waals surface area contributed by atoms with Crippen molar-refractivity contribution >= 4 is 63.1 Å². The Balaban J connectivity index is 1.51. The topological polar surface area (TPSA) is 103 Å². The quantitative estimate of drug-likeness (QED) is 0.294. The number of thiophene rings is 1. The molecule has 1 unspecified atom stereocenters. The van der Waals surface area contributed by atoms with Crippen LogP contribution in [0.5, 0.6) is 0 Å². The summed E-state index contributed by atoms with van der Waals surface area (Å²) in [7, 11) is 0. The Labute approximate surface area is 215 Å². The molecule has 0 fully saturated rings. The number of nitrogens with one attached hydrogen (secondary N) is 1. The molecule has 1 aliphatic rings. The summed E-state index contributed by atoms with van der Waals surface area (Å²) in [4.78, 5) is 26.0. The maximum atomic E-state index is 12.8. The van der Waals surface area contributed by atoms with E-state index in [2.05, 4.69) is 29.0 Å². The van der Waals surface area contributed by atoms with Crippen molar-refractivity contribution in [3.63, 3.8) is 0 Å². The fourth-order valence-electron chi connectivity index (χ4n) is 3.95. The highest BCUT2D eigenvalue weighted by molar-refractivity contribution is 7.99. The smallest absolute Gasteiger partial charge is 0.251 e. The van der Waals surface area contributed by atoms with Crippen molar-refractivity contribution in [2.45, 2.75) is 37.9 Å². The molecule has 4 rings (SSSR count). The van der Waals surface area contributed by atoms with Gasteiger partial charge in [0.15, 0.2) is 11.0 Å². The third-order valence-electron chi connectivity index (χ3n) is 5.54. The maximum Gasteiger partial charge on any atom is 0.251 e. The molecule has 178 valence electrons. The number of hydrogen-bond donors (Lipinski definition) is 2. The standard InChI is InChI=1S/C23H23Cl2N5O2S2/c1-3-8-30-21(14-7-5-13(24)10-16(14)25)28-29-23(30)33-11-18(31)27-22-19(20(26)32)15-6-4-12(2)9-17(15)34-22/h3,5,7,10,12H,1,4,6,8-9,11H2,2H3,(H2,26,32)(H,27,31). The number of hydrogen-bond acceptors (Lipinski definition) is 6. The second kappa shape index (κ2) is 10.5. The van der Waals surface area contributed by atoms with Gasteiger partial charge in [-0.05, 0) is 48.9 Å². The van der Waals surface area contributed by atoms with E-state index in [9.17, 15) is 9.59 Å². The number of fused-ring (bicyclic) bond motifs is 1. The SMILES string of the molecule is C=CCn1c(SCC(=O)Nc2sc3c(c2C(N)=O)CCC(C)C3)nnc1-c1ccc(Cl)cc1Cl. The summed E-state index contributed by atoms with van der Waals surface area (Å²) in [5.74, 6) is 0.426. The van der Waals surface area contributed by atoms with E-state index in [1.807, 2.05) is 4.57 Å². The summed E-state index contributed by atoms with van der Waals surface area (Å²) in [5.41, 5.74) is 7.76. The fourth-order valence-corrected chi connectivity index (χ4v) is 6.62. The Morgan fingerprint density at radius 1 is 1.38 bits per heavy atom. The lowest BCUT2D eigenvalue weighted by Crippen LogP contribution is -2.20. The summed E-state index contributed by atoms with van der Waals surface area (Å²) in [5, 5.41) is 13.5. The number of amides is 2. The average Bonchev–Trinajstić information content (AvgIpc) is 3.33. The van der Waals surface area contributed by atoms with Gasteiger partial charge in [0, 0.05) is 22.0 Å². The zero-order valence-electron chi connectivity index (χ0n) is 18.4. The van der Waals surface area contributed by atoms with Crippen molar-refractivity contribution in [1.29, 1.82) is 0 Å². The van der Waals surface area contributed by atoms with Crippen LogP contribution in [0.4, 0.5) is 5.00 Å². The molecule has 7 nitrogen and oxygen atoms in total. The first-order valence-corrected chi connectivity index (χ1v) is 13.2. The molecule has 0 spiro atoms. The predicted octanol–water partition coefficient (Wildman–Crippen LogP) is 5.45. The summed E-state index contributed by atoms with van der Waals surface area (Å²) in [6, 6.07) is 5.15. The van der Waals surface area contributed by atoms with Crippen molar-refractivity contribution in [2.24, 2.45) is 11.7 Å². The predicted molar refractivity (Wildman–Crippen MR) is 139 cm³/mol. The van der Waals surface area contributed by atoms with Gasteiger partial charge in [0.2, 0.25) is 5.91 Å². The number of primary amides is 1. The van der Waals surface area contributed by atoms with Gasteiger partial charge in [-0.3, -0.25) is 14.2 Å². The molecule has 3 N–H and O–H groups in total. The van der Waals surface area contributed by atoms with E-state index in [0.29, 0.717) is 49.6 Å². The van der Waals surface area contributed by atoms with Crippen LogP contribution in [0, 0.1) is 5.92 Å². The molecule has 2 aromatic heterocycles. The maximum absolute atomic E-state index is 12.8. The number of benzene rings is 1. The van der Waals surface area contributed by atoms with Crippen LogP contribution in [0.2, 0.25) is 10.0 Å². The van der Waals surface area contributed by atoms with E-state index in [4.69, 9.17) is 28.9 Å².